The van der Waals surface area contributed by atoms with Crippen LogP contribution in [0.15, 0.2) is 0 Å². The van der Waals surface area contributed by atoms with E-state index in [0.717, 1.165) is 0 Å². The average molecular weight is 288 g/mol. The Morgan fingerprint density at radius 3 is 2.25 bits per heavy atom. The van der Waals surface area contributed by atoms with Gasteiger partial charge >= 0.3 is 12.0 Å². The summed E-state index contributed by atoms with van der Waals surface area (Å²) in [5.41, 5.74) is 4.91. The van der Waals surface area contributed by atoms with E-state index in [1.807, 2.05) is 0 Å². The minimum Gasteiger partial charge on any atom is -0.480 e. The maximum absolute atomic E-state index is 11.5. The Labute approximate surface area is 116 Å². The van der Waals surface area contributed by atoms with Gasteiger partial charge < -0.3 is 26.8 Å². The van der Waals surface area contributed by atoms with Gasteiger partial charge in [0.25, 0.3) is 0 Å². The van der Waals surface area contributed by atoms with Crippen LogP contribution in [0, 0.1) is 0 Å². The first-order valence-corrected chi connectivity index (χ1v) is 6.13. The standard InChI is InChI=1S/C11H20N4O5/c1-3-13-9(17)6(2)14-11(20)15-7(10(18)19)4-5-8(12)16/h6-7H,3-5H2,1-2H3,(H2,12,16)(H,13,17)(H,18,19)(H2,14,15,20)/t6?,7-/m1/s1. The number of aliphatic carboxylic acids is 1. The molecule has 0 saturated carbocycles. The van der Waals surface area contributed by atoms with Crippen molar-refractivity contribution in [2.75, 3.05) is 6.54 Å². The van der Waals surface area contributed by atoms with E-state index < -0.39 is 30.0 Å². The van der Waals surface area contributed by atoms with E-state index in [4.69, 9.17) is 10.8 Å². The summed E-state index contributed by atoms with van der Waals surface area (Å²) in [6.07, 6.45) is -0.281. The van der Waals surface area contributed by atoms with Gasteiger partial charge in [-0.3, -0.25) is 9.59 Å². The van der Waals surface area contributed by atoms with Crippen LogP contribution in [-0.2, 0) is 14.4 Å². The minimum atomic E-state index is -1.29. The lowest BCUT2D eigenvalue weighted by molar-refractivity contribution is -0.139. The van der Waals surface area contributed by atoms with E-state index in [-0.39, 0.29) is 18.7 Å². The normalized spacial score (nSPS) is 12.9. The van der Waals surface area contributed by atoms with Gasteiger partial charge in [0.2, 0.25) is 11.8 Å². The number of hydrogen-bond acceptors (Lipinski definition) is 4. The molecule has 0 spiro atoms. The Bertz CT molecular complexity index is 385. The molecule has 0 fully saturated rings. The van der Waals surface area contributed by atoms with Gasteiger partial charge in [0.05, 0.1) is 0 Å². The zero-order valence-corrected chi connectivity index (χ0v) is 11.4. The number of nitrogens with one attached hydrogen (secondary N) is 3. The van der Waals surface area contributed by atoms with Crippen LogP contribution in [0.5, 0.6) is 0 Å². The first-order chi connectivity index (χ1) is 9.27. The van der Waals surface area contributed by atoms with Gasteiger partial charge in [-0.05, 0) is 20.3 Å². The quantitative estimate of drug-likeness (QED) is 0.369. The molecule has 0 heterocycles. The zero-order chi connectivity index (χ0) is 15.7. The Morgan fingerprint density at radius 2 is 1.80 bits per heavy atom. The molecule has 9 heteroatoms. The van der Waals surface area contributed by atoms with Gasteiger partial charge in [-0.2, -0.15) is 0 Å². The van der Waals surface area contributed by atoms with Crippen LogP contribution in [0.2, 0.25) is 0 Å². The summed E-state index contributed by atoms with van der Waals surface area (Å²) in [5.74, 6) is -2.33. The molecule has 6 N–H and O–H groups in total. The van der Waals surface area contributed by atoms with Crippen molar-refractivity contribution in [3.63, 3.8) is 0 Å². The van der Waals surface area contributed by atoms with Crippen molar-refractivity contribution in [2.45, 2.75) is 38.8 Å². The molecule has 20 heavy (non-hydrogen) atoms. The van der Waals surface area contributed by atoms with Crippen LogP contribution < -0.4 is 21.7 Å². The van der Waals surface area contributed by atoms with Gasteiger partial charge in [0.1, 0.15) is 12.1 Å². The summed E-state index contributed by atoms with van der Waals surface area (Å²) >= 11 is 0. The lowest BCUT2D eigenvalue weighted by Crippen LogP contribution is -2.52. The van der Waals surface area contributed by atoms with Crippen molar-refractivity contribution in [3.05, 3.63) is 0 Å². The van der Waals surface area contributed by atoms with E-state index in [1.54, 1.807) is 6.92 Å². The largest absolute Gasteiger partial charge is 0.480 e. The van der Waals surface area contributed by atoms with Crippen LogP contribution >= 0.6 is 0 Å². The molecule has 0 aromatic carbocycles. The van der Waals surface area contributed by atoms with E-state index in [1.165, 1.54) is 6.92 Å². The van der Waals surface area contributed by atoms with Crippen molar-refractivity contribution in [1.29, 1.82) is 0 Å². The number of primary amides is 1. The SMILES string of the molecule is CCNC(=O)C(C)NC(=O)N[C@H](CCC(N)=O)C(=O)O. The van der Waals surface area contributed by atoms with Crippen molar-refractivity contribution >= 4 is 23.8 Å². The third-order valence-corrected chi connectivity index (χ3v) is 2.37. The molecule has 0 aliphatic carbocycles. The summed E-state index contributed by atoms with van der Waals surface area (Å²) in [4.78, 5) is 44.4. The Balaban J connectivity index is 4.35. The Morgan fingerprint density at radius 1 is 1.20 bits per heavy atom. The van der Waals surface area contributed by atoms with Gasteiger partial charge in [-0.25, -0.2) is 9.59 Å². The highest BCUT2D eigenvalue weighted by molar-refractivity contribution is 5.88. The molecule has 0 aliphatic heterocycles. The number of carbonyl (C=O) groups excluding carboxylic acids is 3. The number of nitrogens with two attached hydrogens (primary N) is 1. The molecule has 4 amide bonds. The smallest absolute Gasteiger partial charge is 0.326 e. The summed E-state index contributed by atoms with van der Waals surface area (Å²) < 4.78 is 0. The van der Waals surface area contributed by atoms with E-state index in [0.29, 0.717) is 6.54 Å². The second-order valence-corrected chi connectivity index (χ2v) is 4.13. The predicted molar refractivity (Wildman–Crippen MR) is 69.7 cm³/mol. The second-order valence-electron chi connectivity index (χ2n) is 4.13. The molecule has 0 aromatic heterocycles. The summed E-state index contributed by atoms with van der Waals surface area (Å²) in [6, 6.07) is -2.86. The van der Waals surface area contributed by atoms with Crippen molar-refractivity contribution in [2.24, 2.45) is 5.73 Å². The third-order valence-electron chi connectivity index (χ3n) is 2.37. The monoisotopic (exact) mass is 288 g/mol. The second kappa shape index (κ2) is 8.73. The number of hydrogen-bond donors (Lipinski definition) is 5. The first kappa shape index (κ1) is 17.7. The van der Waals surface area contributed by atoms with Gasteiger partial charge in [-0.1, -0.05) is 0 Å². The molecule has 0 bridgehead atoms. The highest BCUT2D eigenvalue weighted by atomic mass is 16.4. The maximum Gasteiger partial charge on any atom is 0.326 e. The highest BCUT2D eigenvalue weighted by Gasteiger charge is 2.22. The number of urea groups is 1. The van der Waals surface area contributed by atoms with E-state index in [2.05, 4.69) is 16.0 Å². The van der Waals surface area contributed by atoms with Crippen LogP contribution in [0.4, 0.5) is 4.79 Å². The van der Waals surface area contributed by atoms with Crippen LogP contribution in [0.3, 0.4) is 0 Å². The van der Waals surface area contributed by atoms with Crippen molar-refractivity contribution in [3.8, 4) is 0 Å². The van der Waals surface area contributed by atoms with Gasteiger partial charge in [0, 0.05) is 13.0 Å². The maximum atomic E-state index is 11.5. The summed E-state index contributed by atoms with van der Waals surface area (Å²) in [5, 5.41) is 15.9. The molecule has 0 radical (unpaired) electrons. The topological polar surface area (TPSA) is 151 Å². The molecule has 0 aliphatic rings. The molecule has 2 atom stereocenters. The number of amides is 4. The van der Waals surface area contributed by atoms with Gasteiger partial charge in [-0.15, -0.1) is 0 Å². The summed E-state index contributed by atoms with van der Waals surface area (Å²) in [6.45, 7) is 3.61. The zero-order valence-electron chi connectivity index (χ0n) is 11.4. The predicted octanol–water partition coefficient (Wildman–Crippen LogP) is -1.47. The molecule has 114 valence electrons. The molecule has 1 unspecified atom stereocenters. The highest BCUT2D eigenvalue weighted by Crippen LogP contribution is 1.97. The van der Waals surface area contributed by atoms with Crippen LogP contribution in [0.25, 0.3) is 0 Å². The van der Waals surface area contributed by atoms with Gasteiger partial charge in [0.15, 0.2) is 0 Å². The Kier molecular flexibility index (Phi) is 7.71. The van der Waals surface area contributed by atoms with Crippen LogP contribution in [-0.4, -0.2) is 47.5 Å². The fraction of sp³-hybridized carbons (Fsp3) is 0.636. The fourth-order valence-corrected chi connectivity index (χ4v) is 1.33. The fourth-order valence-electron chi connectivity index (χ4n) is 1.33. The molecular formula is C11H20N4O5. The molecule has 0 saturated heterocycles. The van der Waals surface area contributed by atoms with Crippen LogP contribution in [0.1, 0.15) is 26.7 Å². The molecule has 0 aromatic rings. The first-order valence-electron chi connectivity index (χ1n) is 6.13. The number of rotatable bonds is 8. The molecular weight excluding hydrogens is 268 g/mol. The lowest BCUT2D eigenvalue weighted by atomic mass is 10.1. The summed E-state index contributed by atoms with van der Waals surface area (Å²) in [7, 11) is 0. The number of carboxylic acid groups (broad SMARTS) is 1. The molecule has 9 nitrogen and oxygen atoms in total. The molecule has 0 rings (SSSR count). The number of likely N-dealkylation sites (N-methyl/N-ethyl adjacent to an activating group) is 1. The Hall–Kier alpha value is -2.32. The number of carbonyl (C=O) groups is 4. The number of carboxylic acids is 1. The minimum absolute atomic E-state index is 0.117. The average Bonchev–Trinajstić information content (AvgIpc) is 2.33. The van der Waals surface area contributed by atoms with E-state index >= 15 is 0 Å². The van der Waals surface area contributed by atoms with Crippen molar-refractivity contribution < 1.29 is 24.3 Å². The van der Waals surface area contributed by atoms with Crippen molar-refractivity contribution in [1.82, 2.24) is 16.0 Å². The van der Waals surface area contributed by atoms with E-state index in [9.17, 15) is 19.2 Å². The lowest BCUT2D eigenvalue weighted by Gasteiger charge is -2.17. The third kappa shape index (κ3) is 7.19.